The van der Waals surface area contributed by atoms with Crippen molar-refractivity contribution in [1.29, 1.82) is 0 Å². The molecular weight excluding hydrogens is 348 g/mol. The number of hydrogen-bond acceptors (Lipinski definition) is 3. The topological polar surface area (TPSA) is 41.4 Å². The van der Waals surface area contributed by atoms with E-state index in [1.807, 2.05) is 53.2 Å². The number of likely N-dealkylation sites (N-methyl/N-ethyl adjacent to an activating group) is 1. The van der Waals surface area contributed by atoms with Crippen molar-refractivity contribution in [3.63, 3.8) is 0 Å². The smallest absolute Gasteiger partial charge is 0.236 e. The third kappa shape index (κ3) is 4.87. The van der Waals surface area contributed by atoms with Crippen molar-refractivity contribution >= 4 is 5.91 Å². The van der Waals surface area contributed by atoms with Crippen LogP contribution in [0.4, 0.5) is 0 Å². The molecule has 2 aromatic carbocycles. The van der Waals surface area contributed by atoms with Crippen molar-refractivity contribution in [2.45, 2.75) is 19.9 Å². The molecule has 1 heterocycles. The van der Waals surface area contributed by atoms with Gasteiger partial charge in [0.2, 0.25) is 5.91 Å². The fraction of sp³-hybridized carbons (Fsp3) is 0.304. The second-order valence-electron chi connectivity index (χ2n) is 7.15. The monoisotopic (exact) mass is 376 g/mol. The first-order chi connectivity index (χ1) is 13.6. The number of rotatable bonds is 8. The van der Waals surface area contributed by atoms with Crippen molar-refractivity contribution in [3.8, 4) is 16.9 Å². The van der Waals surface area contributed by atoms with Gasteiger partial charge in [0.05, 0.1) is 17.9 Å². The van der Waals surface area contributed by atoms with Gasteiger partial charge >= 0.3 is 0 Å². The molecule has 0 aliphatic heterocycles. The van der Waals surface area contributed by atoms with E-state index in [-0.39, 0.29) is 5.91 Å². The molecule has 0 saturated carbocycles. The Bertz CT molecular complexity index is 887. The summed E-state index contributed by atoms with van der Waals surface area (Å²) in [5.41, 5.74) is 4.19. The van der Waals surface area contributed by atoms with Gasteiger partial charge in [-0.15, -0.1) is 0 Å². The fourth-order valence-corrected chi connectivity index (χ4v) is 3.18. The van der Waals surface area contributed by atoms with E-state index < -0.39 is 0 Å². The number of aromatic nitrogens is 2. The van der Waals surface area contributed by atoms with Gasteiger partial charge < -0.3 is 4.90 Å². The van der Waals surface area contributed by atoms with Crippen LogP contribution >= 0.6 is 0 Å². The molecule has 3 aromatic rings. The summed E-state index contributed by atoms with van der Waals surface area (Å²) in [5.74, 6) is 0.116. The predicted molar refractivity (Wildman–Crippen MR) is 113 cm³/mol. The van der Waals surface area contributed by atoms with Gasteiger partial charge in [-0.05, 0) is 25.1 Å². The van der Waals surface area contributed by atoms with E-state index in [0.29, 0.717) is 13.1 Å². The Balaban J connectivity index is 1.95. The zero-order valence-electron chi connectivity index (χ0n) is 16.9. The molecule has 5 nitrogen and oxygen atoms in total. The quantitative estimate of drug-likeness (QED) is 0.600. The second kappa shape index (κ2) is 9.33. The molecule has 5 heteroatoms. The maximum Gasteiger partial charge on any atom is 0.236 e. The number of carbonyl (C=O) groups is 1. The van der Waals surface area contributed by atoms with E-state index in [4.69, 9.17) is 5.10 Å². The van der Waals surface area contributed by atoms with Crippen LogP contribution in [0.25, 0.3) is 16.9 Å². The van der Waals surface area contributed by atoms with Crippen LogP contribution in [0.15, 0.2) is 66.9 Å². The number of amides is 1. The highest BCUT2D eigenvalue weighted by Crippen LogP contribution is 2.25. The number of nitrogens with zero attached hydrogens (tertiary/aromatic N) is 4. The average Bonchev–Trinajstić information content (AvgIpc) is 3.13. The van der Waals surface area contributed by atoms with E-state index in [9.17, 15) is 4.79 Å². The van der Waals surface area contributed by atoms with Crippen LogP contribution in [0.2, 0.25) is 0 Å². The Morgan fingerprint density at radius 1 is 1.00 bits per heavy atom. The zero-order valence-corrected chi connectivity index (χ0v) is 16.9. The molecule has 0 aliphatic carbocycles. The molecule has 146 valence electrons. The fourth-order valence-electron chi connectivity index (χ4n) is 3.18. The van der Waals surface area contributed by atoms with Crippen molar-refractivity contribution in [2.75, 3.05) is 27.2 Å². The maximum atomic E-state index is 12.3. The standard InChI is InChI=1S/C23H28N4O/c1-4-15-26(18-22(28)25(2)3)16-20-17-27(21-13-9-6-10-14-21)24-23(20)19-11-7-5-8-12-19/h5-14,17H,4,15-16,18H2,1-3H3. The van der Waals surface area contributed by atoms with Gasteiger partial charge in [0.1, 0.15) is 0 Å². The van der Waals surface area contributed by atoms with E-state index >= 15 is 0 Å². The van der Waals surface area contributed by atoms with Gasteiger partial charge in [-0.25, -0.2) is 4.68 Å². The summed E-state index contributed by atoms with van der Waals surface area (Å²) in [6, 6.07) is 20.3. The Morgan fingerprint density at radius 2 is 1.64 bits per heavy atom. The molecule has 0 atom stereocenters. The number of carbonyl (C=O) groups excluding carboxylic acids is 1. The van der Waals surface area contributed by atoms with Crippen molar-refractivity contribution in [3.05, 3.63) is 72.4 Å². The molecule has 0 bridgehead atoms. The molecule has 0 fully saturated rings. The Morgan fingerprint density at radius 3 is 2.25 bits per heavy atom. The summed E-state index contributed by atoms with van der Waals surface area (Å²) < 4.78 is 1.93. The highest BCUT2D eigenvalue weighted by molar-refractivity contribution is 5.77. The predicted octanol–water partition coefficient (Wildman–Crippen LogP) is 3.84. The first kappa shape index (κ1) is 19.8. The minimum atomic E-state index is 0.116. The van der Waals surface area contributed by atoms with Gasteiger partial charge in [-0.2, -0.15) is 5.10 Å². The van der Waals surface area contributed by atoms with E-state index in [1.54, 1.807) is 19.0 Å². The Kier molecular flexibility index (Phi) is 6.61. The van der Waals surface area contributed by atoms with Gasteiger partial charge in [0.25, 0.3) is 0 Å². The largest absolute Gasteiger partial charge is 0.348 e. The molecule has 0 N–H and O–H groups in total. The Hall–Kier alpha value is -2.92. The van der Waals surface area contributed by atoms with Crippen molar-refractivity contribution in [2.24, 2.45) is 0 Å². The lowest BCUT2D eigenvalue weighted by Gasteiger charge is -2.23. The molecular formula is C23H28N4O. The molecule has 0 unspecified atom stereocenters. The molecule has 28 heavy (non-hydrogen) atoms. The second-order valence-corrected chi connectivity index (χ2v) is 7.15. The molecule has 1 aromatic heterocycles. The highest BCUT2D eigenvalue weighted by Gasteiger charge is 2.18. The van der Waals surface area contributed by atoms with Gasteiger partial charge in [0, 0.05) is 38.0 Å². The molecule has 3 rings (SSSR count). The summed E-state index contributed by atoms with van der Waals surface area (Å²) in [4.78, 5) is 16.1. The molecule has 0 aliphatic rings. The molecule has 0 saturated heterocycles. The first-order valence-electron chi connectivity index (χ1n) is 9.70. The van der Waals surface area contributed by atoms with Gasteiger partial charge in [-0.1, -0.05) is 55.5 Å². The van der Waals surface area contributed by atoms with Crippen LogP contribution in [-0.4, -0.2) is 52.7 Å². The zero-order chi connectivity index (χ0) is 19.9. The lowest BCUT2D eigenvalue weighted by molar-refractivity contribution is -0.130. The van der Waals surface area contributed by atoms with Gasteiger partial charge in [-0.3, -0.25) is 9.69 Å². The van der Waals surface area contributed by atoms with Crippen molar-refractivity contribution < 1.29 is 4.79 Å². The average molecular weight is 377 g/mol. The molecule has 1 amide bonds. The van der Waals surface area contributed by atoms with Crippen LogP contribution in [0.3, 0.4) is 0 Å². The SMILES string of the molecule is CCCN(CC(=O)N(C)C)Cc1cn(-c2ccccc2)nc1-c1ccccc1. The summed E-state index contributed by atoms with van der Waals surface area (Å²) in [5, 5.41) is 4.87. The number of benzene rings is 2. The summed E-state index contributed by atoms with van der Waals surface area (Å²) in [6.45, 7) is 4.10. The molecule has 0 radical (unpaired) electrons. The maximum absolute atomic E-state index is 12.3. The van der Waals surface area contributed by atoms with Crippen LogP contribution in [0, 0.1) is 0 Å². The Labute approximate surface area is 167 Å². The lowest BCUT2D eigenvalue weighted by atomic mass is 10.1. The molecule has 0 spiro atoms. The first-order valence-corrected chi connectivity index (χ1v) is 9.70. The van der Waals surface area contributed by atoms with Gasteiger partial charge in [0.15, 0.2) is 0 Å². The summed E-state index contributed by atoms with van der Waals surface area (Å²) >= 11 is 0. The van der Waals surface area contributed by atoms with E-state index in [2.05, 4.69) is 30.2 Å². The number of hydrogen-bond donors (Lipinski definition) is 0. The van der Waals surface area contributed by atoms with Crippen LogP contribution in [0.1, 0.15) is 18.9 Å². The summed E-state index contributed by atoms with van der Waals surface area (Å²) in [7, 11) is 3.60. The van der Waals surface area contributed by atoms with Crippen LogP contribution in [-0.2, 0) is 11.3 Å². The minimum Gasteiger partial charge on any atom is -0.348 e. The van der Waals surface area contributed by atoms with E-state index in [1.165, 1.54) is 0 Å². The van der Waals surface area contributed by atoms with E-state index in [0.717, 1.165) is 35.5 Å². The normalized spacial score (nSPS) is 11.0. The number of para-hydroxylation sites is 1. The van der Waals surface area contributed by atoms with Crippen LogP contribution in [0.5, 0.6) is 0 Å². The van der Waals surface area contributed by atoms with Crippen LogP contribution < -0.4 is 0 Å². The third-order valence-corrected chi connectivity index (χ3v) is 4.65. The van der Waals surface area contributed by atoms with Crippen molar-refractivity contribution in [1.82, 2.24) is 19.6 Å². The highest BCUT2D eigenvalue weighted by atomic mass is 16.2. The third-order valence-electron chi connectivity index (χ3n) is 4.65. The minimum absolute atomic E-state index is 0.116. The summed E-state index contributed by atoms with van der Waals surface area (Å²) in [6.07, 6.45) is 3.08. The lowest BCUT2D eigenvalue weighted by Crippen LogP contribution is -2.36.